The van der Waals surface area contributed by atoms with Gasteiger partial charge in [-0.05, 0) is 151 Å². The van der Waals surface area contributed by atoms with E-state index in [2.05, 4.69) is 14.2 Å². The van der Waals surface area contributed by atoms with Crippen molar-refractivity contribution >= 4 is 84.3 Å². The molecular weight excluding hydrogens is 1100 g/mol. The van der Waals surface area contributed by atoms with Gasteiger partial charge < -0.3 is 44.6 Å². The fourth-order valence-electron chi connectivity index (χ4n) is 8.30. The summed E-state index contributed by atoms with van der Waals surface area (Å²) in [6, 6.07) is 16.7. The minimum Gasteiger partial charge on any atom is -0.357 e. The molecule has 3 aromatic heterocycles. The van der Waals surface area contributed by atoms with E-state index in [4.69, 9.17) is 39.9 Å². The predicted molar refractivity (Wildman–Crippen MR) is 279 cm³/mol. The maximum Gasteiger partial charge on any atom is 2.00 e. The van der Waals surface area contributed by atoms with E-state index in [1.807, 2.05) is 57.0 Å². The van der Waals surface area contributed by atoms with Crippen molar-refractivity contribution in [2.75, 3.05) is 81.6 Å². The summed E-state index contributed by atoms with van der Waals surface area (Å²) in [6.45, 7) is 2.40. The number of aromatic nitrogens is 8. The largest absolute Gasteiger partial charge is 2.00 e. The van der Waals surface area contributed by atoms with Crippen LogP contribution < -0.4 is 24.1 Å². The van der Waals surface area contributed by atoms with E-state index >= 15 is 0 Å². The summed E-state index contributed by atoms with van der Waals surface area (Å²) >= 11 is 0. The Bertz CT molecular complexity index is 4020. The van der Waals surface area contributed by atoms with Crippen LogP contribution in [0.1, 0.15) is 19.3 Å². The van der Waals surface area contributed by atoms with Crippen molar-refractivity contribution in [2.45, 2.75) is 38.8 Å². The van der Waals surface area contributed by atoms with Gasteiger partial charge in [-0.25, -0.2) is 49.4 Å². The topological polar surface area (TPSA) is 308 Å². The third kappa shape index (κ3) is 12.0. The van der Waals surface area contributed by atoms with Crippen LogP contribution in [0.4, 0.5) is 0 Å². The van der Waals surface area contributed by atoms with Gasteiger partial charge in [0.05, 0.1) is 42.9 Å². The van der Waals surface area contributed by atoms with Gasteiger partial charge in [-0.3, -0.25) is 4.55 Å². The Balaban J connectivity index is 0.00000747. The van der Waals surface area contributed by atoms with E-state index in [0.717, 1.165) is 6.07 Å². The first-order chi connectivity index (χ1) is 35.0. The van der Waals surface area contributed by atoms with Crippen LogP contribution in [-0.2, 0) is 57.3 Å². The molecule has 0 fully saturated rings. The molecule has 23 nitrogen and oxygen atoms in total. The van der Waals surface area contributed by atoms with Crippen LogP contribution in [0, 0.1) is 0 Å². The maximum absolute atomic E-state index is 13.8. The van der Waals surface area contributed by atoms with Gasteiger partial charge in [0, 0.05) is 64.5 Å². The molecule has 75 heavy (non-hydrogen) atoms. The number of nitrogens with zero attached hydrogens (tertiary/aromatic N) is 11. The maximum atomic E-state index is 13.8. The minimum atomic E-state index is -4.76. The van der Waals surface area contributed by atoms with E-state index in [-0.39, 0.29) is 125 Å². The van der Waals surface area contributed by atoms with Gasteiger partial charge in [-0.15, -0.1) is 0 Å². The van der Waals surface area contributed by atoms with Gasteiger partial charge in [-0.2, -0.15) is 8.42 Å². The molecule has 0 atom stereocenters. The number of nitrogens with one attached hydrogen (secondary N) is 3. The normalized spacial score (nSPS) is 13.0. The van der Waals surface area contributed by atoms with Crippen molar-refractivity contribution in [1.82, 2.24) is 68.7 Å². The number of rotatable bonds is 19. The van der Waals surface area contributed by atoms with Gasteiger partial charge in [0.15, 0.2) is 0 Å². The third-order valence-corrected chi connectivity index (χ3v) is 17.3. The molecular formula is C47H52CuN14O9S4. The Morgan fingerprint density at radius 2 is 0.720 bits per heavy atom. The summed E-state index contributed by atoms with van der Waals surface area (Å²) in [7, 11) is -5.68. The van der Waals surface area contributed by atoms with Gasteiger partial charge in [0.2, 0.25) is 30.1 Å². The second-order valence-electron chi connectivity index (χ2n) is 18.5. The molecule has 4 aromatic carbocycles. The van der Waals surface area contributed by atoms with Gasteiger partial charge in [0.1, 0.15) is 0 Å². The third-order valence-electron chi connectivity index (χ3n) is 12.0. The molecule has 9 rings (SSSR count). The molecule has 8 bridgehead atoms. The Kier molecular flexibility index (Phi) is 16.1. The SMILES string of the molecule is CN(C)CCCNS(=O)(=O)c1ccc2c(c1)-c1nc-2nc2[n-]c(nc3nc(nc4[n-]c(n1)c1ccc(S(=O)(=O)NCCCN(C)C)cc41)-c1ccc(S(=O)(=O)NCCCN(C)C)cc1-3)c1cc(S(=O)(=O)O)ccc21.[Cu+2]. The van der Waals surface area contributed by atoms with E-state index in [9.17, 15) is 38.2 Å². The van der Waals surface area contributed by atoms with E-state index < -0.39 is 45.1 Å². The molecule has 5 heterocycles. The first-order valence-electron chi connectivity index (χ1n) is 23.2. The zero-order chi connectivity index (χ0) is 52.9. The monoisotopic (exact) mass is 1150 g/mol. The van der Waals surface area contributed by atoms with Crippen LogP contribution in [-0.4, -0.2) is 164 Å². The summed E-state index contributed by atoms with van der Waals surface area (Å²) < 4.78 is 126. The second-order valence-corrected chi connectivity index (χ2v) is 25.2. The van der Waals surface area contributed by atoms with Crippen LogP contribution in [0.25, 0.3) is 89.7 Å². The molecule has 0 unspecified atom stereocenters. The minimum absolute atomic E-state index is 0. The van der Waals surface area contributed by atoms with Gasteiger partial charge in [-0.1, -0.05) is 24.3 Å². The Morgan fingerprint density at radius 3 is 1.08 bits per heavy atom. The van der Waals surface area contributed by atoms with Crippen molar-refractivity contribution in [3.8, 4) is 45.6 Å². The van der Waals surface area contributed by atoms with E-state index in [1.165, 1.54) is 66.7 Å². The first kappa shape index (κ1) is 55.5. The smallest absolute Gasteiger partial charge is 0.357 e. The van der Waals surface area contributed by atoms with Crippen molar-refractivity contribution in [2.24, 2.45) is 0 Å². The molecule has 1 radical (unpaired) electrons. The Labute approximate surface area is 444 Å². The van der Waals surface area contributed by atoms with Crippen LogP contribution in [0.2, 0.25) is 0 Å². The van der Waals surface area contributed by atoms with Crippen LogP contribution in [0.5, 0.6) is 0 Å². The molecule has 0 aliphatic carbocycles. The molecule has 0 saturated heterocycles. The zero-order valence-corrected chi connectivity index (χ0v) is 45.6. The summed E-state index contributed by atoms with van der Waals surface area (Å²) in [6.07, 6.45) is 1.62. The van der Waals surface area contributed by atoms with Crippen LogP contribution in [0.3, 0.4) is 0 Å². The zero-order valence-electron chi connectivity index (χ0n) is 41.4. The average Bonchev–Trinajstić information content (AvgIpc) is 4.07. The molecule has 2 aliphatic rings. The number of sulfonamides is 3. The van der Waals surface area contributed by atoms with Crippen molar-refractivity contribution < 1.29 is 55.3 Å². The summed E-state index contributed by atoms with van der Waals surface area (Å²) in [5, 5.41) is 0.956. The molecule has 2 aliphatic heterocycles. The molecule has 0 amide bonds. The summed E-state index contributed by atoms with van der Waals surface area (Å²) in [5.74, 6) is -0.0901. The Hall–Kier alpha value is -5.72. The van der Waals surface area contributed by atoms with Crippen LogP contribution in [0.15, 0.2) is 92.4 Å². The molecule has 4 N–H and O–H groups in total. The first-order valence-corrected chi connectivity index (χ1v) is 29.1. The number of fused-ring (bicyclic) bond motifs is 20. The fourth-order valence-corrected chi connectivity index (χ4v) is 12.1. The average molecular weight is 1150 g/mol. The fraction of sp³-hybridized carbons (Fsp3) is 0.319. The number of benzene rings is 4. The van der Waals surface area contributed by atoms with Gasteiger partial charge in [0.25, 0.3) is 10.1 Å². The summed E-state index contributed by atoms with van der Waals surface area (Å²) in [4.78, 5) is 43.5. The molecule has 399 valence electrons. The van der Waals surface area contributed by atoms with Crippen molar-refractivity contribution in [1.29, 1.82) is 0 Å². The molecule has 28 heteroatoms. The van der Waals surface area contributed by atoms with Crippen LogP contribution >= 0.6 is 0 Å². The quantitative estimate of drug-likeness (QED) is 0.0514. The molecule has 7 aromatic rings. The standard InChI is InChI=1S/C47H52N14O9S4.Cu/c1-59(2)21-7-18-48-71(62,63)28-10-14-32-36(24-28)44-52-40(32)51-41-35-17-13-31(74(68,69)70)27-39(35)47(53-41)58-46-38-26-30(73(66,67)50-20-9-23-61(5)6)12-16-34(38)43(57-46)56-45-37-25-29(11-15-33(37)42(54-44)55-45)72(64,65)49-19-8-22-60(3)4;/h10-17,24-27,48-50H,7-9,18-23H2,1-6H3,(H-2,51,52,53,54,55,56,57,58,68,69,70);/q-2;+2. The van der Waals surface area contributed by atoms with Crippen molar-refractivity contribution in [3.63, 3.8) is 0 Å². The number of hydrogen-bond donors (Lipinski definition) is 4. The van der Waals surface area contributed by atoms with E-state index in [1.54, 1.807) is 0 Å². The predicted octanol–water partition coefficient (Wildman–Crippen LogP) is 3.06. The summed E-state index contributed by atoms with van der Waals surface area (Å²) in [5.41, 5.74) is 0.949. The van der Waals surface area contributed by atoms with Gasteiger partial charge >= 0.3 is 17.1 Å². The number of hydrogen-bond acceptors (Lipinski definition) is 17. The molecule has 0 saturated carbocycles. The van der Waals surface area contributed by atoms with E-state index in [0.29, 0.717) is 55.4 Å². The molecule has 0 spiro atoms. The Morgan fingerprint density at radius 1 is 0.413 bits per heavy atom. The second kappa shape index (κ2) is 21.7. The van der Waals surface area contributed by atoms with Crippen molar-refractivity contribution in [3.05, 3.63) is 72.8 Å².